The molecular formula is C13H28O6S2. The van der Waals surface area contributed by atoms with E-state index in [1.807, 2.05) is 13.8 Å². The minimum Gasteiger partial charge on any atom is -0.481 e. The van der Waals surface area contributed by atoms with Gasteiger partial charge in [0.05, 0.1) is 25.6 Å². The Morgan fingerprint density at radius 3 is 1.24 bits per heavy atom. The smallest absolute Gasteiger partial charge is 0.304 e. The molecule has 0 aromatic heterocycles. The van der Waals surface area contributed by atoms with Crippen molar-refractivity contribution in [3.63, 3.8) is 0 Å². The van der Waals surface area contributed by atoms with E-state index < -0.39 is 18.0 Å². The topological polar surface area (TPSA) is 115 Å². The maximum atomic E-state index is 9.92. The highest BCUT2D eigenvalue weighted by Crippen LogP contribution is 2.04. The maximum Gasteiger partial charge on any atom is 0.304 e. The van der Waals surface area contributed by atoms with Crippen LogP contribution in [0, 0.1) is 0 Å². The average Bonchev–Trinajstić information content (AvgIpc) is 2.38. The summed E-state index contributed by atoms with van der Waals surface area (Å²) in [5, 5.41) is 32.4. The van der Waals surface area contributed by atoms with Crippen LogP contribution in [-0.2, 0) is 9.59 Å². The standard InChI is InChI=1S/2C5H10O2S.C3H8O2/c2*1-2-4(8)3-5(6)7;1-3(5)2-4/h2*4,8H,2-3H2,1H3,(H,6,7);3-5H,2H2,1H3. The van der Waals surface area contributed by atoms with E-state index >= 15 is 0 Å². The van der Waals surface area contributed by atoms with Crippen LogP contribution in [0.4, 0.5) is 0 Å². The summed E-state index contributed by atoms with van der Waals surface area (Å²) < 4.78 is 0. The number of carbonyl (C=O) groups is 2. The van der Waals surface area contributed by atoms with Gasteiger partial charge < -0.3 is 20.4 Å². The van der Waals surface area contributed by atoms with Crippen LogP contribution in [0.2, 0.25) is 0 Å². The van der Waals surface area contributed by atoms with E-state index in [1.54, 1.807) is 0 Å². The molecule has 8 heteroatoms. The fourth-order valence-corrected chi connectivity index (χ4v) is 1.00. The van der Waals surface area contributed by atoms with Gasteiger partial charge in [0.2, 0.25) is 0 Å². The summed E-state index contributed by atoms with van der Waals surface area (Å²) in [6, 6.07) is 0. The molecule has 0 fully saturated rings. The SMILES string of the molecule is CC(O)CO.CCC(S)CC(=O)O.CCC(S)CC(=O)O. The number of aliphatic carboxylic acids is 2. The molecule has 0 aromatic rings. The van der Waals surface area contributed by atoms with Crippen LogP contribution in [-0.4, -0.2) is 55.6 Å². The zero-order valence-electron chi connectivity index (χ0n) is 12.8. The monoisotopic (exact) mass is 344 g/mol. The van der Waals surface area contributed by atoms with Crippen LogP contribution < -0.4 is 0 Å². The van der Waals surface area contributed by atoms with Crippen molar-refractivity contribution >= 4 is 37.2 Å². The Hall–Kier alpha value is -0.440. The van der Waals surface area contributed by atoms with Gasteiger partial charge in [0.1, 0.15) is 0 Å². The molecule has 0 saturated carbocycles. The van der Waals surface area contributed by atoms with E-state index in [4.69, 9.17) is 20.4 Å². The van der Waals surface area contributed by atoms with E-state index in [-0.39, 0.29) is 29.9 Å². The van der Waals surface area contributed by atoms with Crippen molar-refractivity contribution in [2.45, 2.75) is 63.1 Å². The molecule has 0 aliphatic carbocycles. The molecule has 0 bridgehead atoms. The summed E-state index contributed by atoms with van der Waals surface area (Å²) in [7, 11) is 0. The first-order chi connectivity index (χ1) is 9.60. The number of aliphatic hydroxyl groups excluding tert-OH is 2. The van der Waals surface area contributed by atoms with Gasteiger partial charge in [-0.05, 0) is 19.8 Å². The summed E-state index contributed by atoms with van der Waals surface area (Å²) in [6.45, 7) is 5.22. The van der Waals surface area contributed by atoms with Gasteiger partial charge in [-0.1, -0.05) is 13.8 Å². The minimum atomic E-state index is -0.771. The number of hydrogen-bond donors (Lipinski definition) is 6. The summed E-state index contributed by atoms with van der Waals surface area (Å²) in [5.74, 6) is -1.54. The van der Waals surface area contributed by atoms with Crippen LogP contribution in [0.3, 0.4) is 0 Å². The summed E-state index contributed by atoms with van der Waals surface area (Å²) in [5.41, 5.74) is 0. The van der Waals surface area contributed by atoms with Crippen molar-refractivity contribution in [3.8, 4) is 0 Å². The maximum absolute atomic E-state index is 9.92. The van der Waals surface area contributed by atoms with Crippen LogP contribution in [0.1, 0.15) is 46.5 Å². The predicted octanol–water partition coefficient (Wildman–Crippen LogP) is 1.70. The van der Waals surface area contributed by atoms with Crippen molar-refractivity contribution in [2.75, 3.05) is 6.61 Å². The lowest BCUT2D eigenvalue weighted by Gasteiger charge is -1.99. The molecule has 0 saturated heterocycles. The number of carboxylic acid groups (broad SMARTS) is 2. The predicted molar refractivity (Wildman–Crippen MR) is 89.4 cm³/mol. The Kier molecular flexibility index (Phi) is 21.4. The highest BCUT2D eigenvalue weighted by atomic mass is 32.1. The van der Waals surface area contributed by atoms with E-state index in [2.05, 4.69) is 25.3 Å². The van der Waals surface area contributed by atoms with Gasteiger partial charge in [0.15, 0.2) is 0 Å². The Morgan fingerprint density at radius 2 is 1.19 bits per heavy atom. The third-order valence-electron chi connectivity index (χ3n) is 2.03. The fourth-order valence-electron chi connectivity index (χ4n) is 0.692. The number of thiol groups is 2. The van der Waals surface area contributed by atoms with Gasteiger partial charge in [0.25, 0.3) is 0 Å². The second-order valence-electron chi connectivity index (χ2n) is 4.35. The fraction of sp³-hybridized carbons (Fsp3) is 0.846. The Labute approximate surface area is 137 Å². The zero-order chi connectivity index (χ0) is 17.4. The Bertz CT molecular complexity index is 239. The van der Waals surface area contributed by atoms with Gasteiger partial charge in [0, 0.05) is 10.5 Å². The van der Waals surface area contributed by atoms with Gasteiger partial charge in [-0.2, -0.15) is 25.3 Å². The number of rotatable bonds is 7. The third-order valence-corrected chi connectivity index (χ3v) is 3.12. The molecule has 6 nitrogen and oxygen atoms in total. The highest BCUT2D eigenvalue weighted by Gasteiger charge is 2.04. The average molecular weight is 344 g/mol. The molecule has 0 aliphatic heterocycles. The summed E-state index contributed by atoms with van der Waals surface area (Å²) >= 11 is 7.98. The molecule has 0 rings (SSSR count). The number of carboxylic acids is 2. The molecule has 0 amide bonds. The Balaban J connectivity index is -0.000000239. The largest absolute Gasteiger partial charge is 0.481 e. The van der Waals surface area contributed by atoms with Gasteiger partial charge in [-0.3, -0.25) is 9.59 Å². The van der Waals surface area contributed by atoms with E-state index in [0.29, 0.717) is 0 Å². The van der Waals surface area contributed by atoms with Crippen LogP contribution in [0.25, 0.3) is 0 Å². The van der Waals surface area contributed by atoms with Crippen LogP contribution in [0.5, 0.6) is 0 Å². The lowest BCUT2D eigenvalue weighted by Crippen LogP contribution is -2.05. The Morgan fingerprint density at radius 1 is 0.952 bits per heavy atom. The molecule has 0 radical (unpaired) electrons. The van der Waals surface area contributed by atoms with Crippen LogP contribution >= 0.6 is 25.3 Å². The van der Waals surface area contributed by atoms with Gasteiger partial charge in [-0.25, -0.2) is 0 Å². The summed E-state index contributed by atoms with van der Waals surface area (Å²) in [6.07, 6.45) is 1.40. The van der Waals surface area contributed by atoms with Gasteiger partial charge >= 0.3 is 11.9 Å². The molecular weight excluding hydrogens is 316 g/mol. The lowest BCUT2D eigenvalue weighted by molar-refractivity contribution is -0.138. The minimum absolute atomic E-state index is 0.0208. The highest BCUT2D eigenvalue weighted by molar-refractivity contribution is 7.81. The first-order valence-corrected chi connectivity index (χ1v) is 7.72. The van der Waals surface area contributed by atoms with E-state index in [1.165, 1.54) is 6.92 Å². The molecule has 4 N–H and O–H groups in total. The van der Waals surface area contributed by atoms with E-state index in [0.717, 1.165) is 12.8 Å². The zero-order valence-corrected chi connectivity index (χ0v) is 14.6. The van der Waals surface area contributed by atoms with Crippen molar-refractivity contribution in [3.05, 3.63) is 0 Å². The lowest BCUT2D eigenvalue weighted by atomic mass is 10.2. The van der Waals surface area contributed by atoms with Crippen molar-refractivity contribution < 1.29 is 30.0 Å². The molecule has 0 heterocycles. The third kappa shape index (κ3) is 32.8. The molecule has 0 spiro atoms. The molecule has 128 valence electrons. The van der Waals surface area contributed by atoms with Crippen molar-refractivity contribution in [1.29, 1.82) is 0 Å². The quantitative estimate of drug-likeness (QED) is 0.392. The molecule has 21 heavy (non-hydrogen) atoms. The van der Waals surface area contributed by atoms with Crippen LogP contribution in [0.15, 0.2) is 0 Å². The van der Waals surface area contributed by atoms with E-state index in [9.17, 15) is 9.59 Å². The van der Waals surface area contributed by atoms with Crippen molar-refractivity contribution in [2.24, 2.45) is 0 Å². The molecule has 3 atom stereocenters. The second kappa shape index (κ2) is 17.6. The molecule has 0 aromatic carbocycles. The number of aliphatic hydroxyl groups is 2. The molecule has 0 aliphatic rings. The summed E-state index contributed by atoms with van der Waals surface area (Å²) in [4.78, 5) is 19.8. The van der Waals surface area contributed by atoms with Gasteiger partial charge in [-0.15, -0.1) is 0 Å². The first kappa shape index (κ1) is 25.5. The number of hydrogen-bond acceptors (Lipinski definition) is 6. The molecule has 3 unspecified atom stereocenters. The first-order valence-electron chi connectivity index (χ1n) is 6.69. The van der Waals surface area contributed by atoms with Crippen molar-refractivity contribution in [1.82, 2.24) is 0 Å². The second-order valence-corrected chi connectivity index (χ2v) is 5.81. The normalized spacial score (nSPS) is 13.7.